The average molecular weight is 256 g/mol. The highest BCUT2D eigenvalue weighted by molar-refractivity contribution is 6.07. The number of nitrogens with zero attached hydrogens (tertiary/aromatic N) is 2. The lowest BCUT2D eigenvalue weighted by Gasteiger charge is -2.09. The zero-order valence-corrected chi connectivity index (χ0v) is 11.0. The van der Waals surface area contributed by atoms with Crippen LogP contribution in [0.3, 0.4) is 0 Å². The van der Waals surface area contributed by atoms with Crippen LogP contribution in [0.15, 0.2) is 36.7 Å². The maximum absolute atomic E-state index is 12.2. The number of amides is 1. The molecule has 0 saturated heterocycles. The molecular formula is C14H16N4O. The molecule has 2 heterocycles. The molecule has 0 spiro atoms. The first-order valence-corrected chi connectivity index (χ1v) is 6.13. The lowest BCUT2D eigenvalue weighted by atomic mass is 10.2. The van der Waals surface area contributed by atoms with Gasteiger partial charge in [-0.2, -0.15) is 0 Å². The van der Waals surface area contributed by atoms with Crippen LogP contribution in [0, 0.1) is 6.92 Å². The van der Waals surface area contributed by atoms with Crippen LogP contribution in [0.4, 0.5) is 11.5 Å². The van der Waals surface area contributed by atoms with Crippen molar-refractivity contribution in [3.63, 3.8) is 0 Å². The van der Waals surface area contributed by atoms with Crippen LogP contribution in [0.5, 0.6) is 0 Å². The van der Waals surface area contributed by atoms with Crippen molar-refractivity contribution in [3.05, 3.63) is 47.9 Å². The molecule has 0 bridgehead atoms. The van der Waals surface area contributed by atoms with E-state index in [1.54, 1.807) is 24.5 Å². The quantitative estimate of drug-likeness (QED) is 0.881. The summed E-state index contributed by atoms with van der Waals surface area (Å²) in [5, 5.41) is 5.87. The second-order valence-corrected chi connectivity index (χ2v) is 4.07. The molecule has 0 saturated carbocycles. The zero-order valence-electron chi connectivity index (χ0n) is 11.0. The Kier molecular flexibility index (Phi) is 4.07. The summed E-state index contributed by atoms with van der Waals surface area (Å²) >= 11 is 0. The number of hydrogen-bond acceptors (Lipinski definition) is 4. The summed E-state index contributed by atoms with van der Waals surface area (Å²) in [5.41, 5.74) is 2.10. The lowest BCUT2D eigenvalue weighted by molar-refractivity contribution is 0.102. The maximum atomic E-state index is 12.2. The maximum Gasteiger partial charge on any atom is 0.259 e. The molecule has 2 rings (SSSR count). The van der Waals surface area contributed by atoms with Crippen LogP contribution >= 0.6 is 0 Å². The summed E-state index contributed by atoms with van der Waals surface area (Å²) in [6.45, 7) is 4.57. The number of nitrogens with one attached hydrogen (secondary N) is 2. The van der Waals surface area contributed by atoms with Crippen LogP contribution in [0.25, 0.3) is 0 Å². The Labute approximate surface area is 112 Å². The fraction of sp³-hybridized carbons (Fsp3) is 0.214. The van der Waals surface area contributed by atoms with Gasteiger partial charge in [-0.25, -0.2) is 4.98 Å². The number of carbonyl (C=O) groups excluding carboxylic acids is 1. The van der Waals surface area contributed by atoms with E-state index >= 15 is 0 Å². The van der Waals surface area contributed by atoms with Gasteiger partial charge in [0.15, 0.2) is 0 Å². The molecule has 0 aliphatic carbocycles. The number of anilines is 2. The molecular weight excluding hydrogens is 240 g/mol. The summed E-state index contributed by atoms with van der Waals surface area (Å²) in [5.74, 6) is 0.386. The Hall–Kier alpha value is -2.43. The number of hydrogen-bond donors (Lipinski definition) is 2. The van der Waals surface area contributed by atoms with Crippen LogP contribution in [-0.2, 0) is 0 Å². The summed E-state index contributed by atoms with van der Waals surface area (Å²) in [6, 6.07) is 7.15. The van der Waals surface area contributed by atoms with Gasteiger partial charge in [-0.05, 0) is 38.1 Å². The van der Waals surface area contributed by atoms with Crippen LogP contribution in [0.2, 0.25) is 0 Å². The minimum Gasteiger partial charge on any atom is -0.370 e. The Bertz CT molecular complexity index is 566. The van der Waals surface area contributed by atoms with E-state index < -0.39 is 0 Å². The lowest BCUT2D eigenvalue weighted by Crippen LogP contribution is -2.15. The van der Waals surface area contributed by atoms with E-state index in [2.05, 4.69) is 20.6 Å². The number of rotatable bonds is 4. The topological polar surface area (TPSA) is 66.9 Å². The van der Waals surface area contributed by atoms with E-state index in [4.69, 9.17) is 0 Å². The molecule has 5 heteroatoms. The van der Waals surface area contributed by atoms with Gasteiger partial charge in [0.2, 0.25) is 0 Å². The van der Waals surface area contributed by atoms with Gasteiger partial charge in [0.05, 0.1) is 17.4 Å². The Morgan fingerprint density at radius 1 is 1.26 bits per heavy atom. The van der Waals surface area contributed by atoms with E-state index in [-0.39, 0.29) is 5.91 Å². The molecule has 0 radical (unpaired) electrons. The van der Waals surface area contributed by atoms with Gasteiger partial charge in [-0.1, -0.05) is 0 Å². The third-order valence-corrected chi connectivity index (χ3v) is 2.57. The Morgan fingerprint density at radius 2 is 2.11 bits per heavy atom. The molecule has 2 aromatic rings. The first-order valence-electron chi connectivity index (χ1n) is 6.13. The highest BCUT2D eigenvalue weighted by Gasteiger charge is 2.11. The molecule has 0 aromatic carbocycles. The van der Waals surface area contributed by atoms with Crippen molar-refractivity contribution < 1.29 is 4.79 Å². The number of carbonyl (C=O) groups is 1. The highest BCUT2D eigenvalue weighted by Crippen LogP contribution is 2.14. The van der Waals surface area contributed by atoms with Crippen LogP contribution in [0.1, 0.15) is 23.0 Å². The zero-order chi connectivity index (χ0) is 13.7. The summed E-state index contributed by atoms with van der Waals surface area (Å²) in [7, 11) is 0. The van der Waals surface area contributed by atoms with E-state index in [1.165, 1.54) is 0 Å². The van der Waals surface area contributed by atoms with E-state index in [1.807, 2.05) is 26.0 Å². The van der Waals surface area contributed by atoms with Crippen molar-refractivity contribution in [2.45, 2.75) is 13.8 Å². The predicted molar refractivity (Wildman–Crippen MR) is 75.3 cm³/mol. The first kappa shape index (κ1) is 13.0. The molecule has 19 heavy (non-hydrogen) atoms. The van der Waals surface area contributed by atoms with Crippen LogP contribution < -0.4 is 10.6 Å². The average Bonchev–Trinajstić information content (AvgIpc) is 2.42. The van der Waals surface area contributed by atoms with E-state index in [0.717, 1.165) is 5.69 Å². The summed E-state index contributed by atoms with van der Waals surface area (Å²) in [6.07, 6.45) is 3.29. The molecule has 0 aliphatic heterocycles. The smallest absolute Gasteiger partial charge is 0.259 e. The van der Waals surface area contributed by atoms with Crippen molar-refractivity contribution >= 4 is 17.4 Å². The Morgan fingerprint density at radius 3 is 2.79 bits per heavy atom. The molecule has 2 N–H and O–H groups in total. The molecule has 0 aliphatic rings. The highest BCUT2D eigenvalue weighted by atomic mass is 16.1. The third kappa shape index (κ3) is 3.28. The molecule has 0 unspecified atom stereocenters. The Balaban J connectivity index is 2.18. The van der Waals surface area contributed by atoms with Crippen molar-refractivity contribution in [2.24, 2.45) is 0 Å². The molecule has 1 amide bonds. The largest absolute Gasteiger partial charge is 0.370 e. The molecule has 0 fully saturated rings. The first-order chi connectivity index (χ1) is 9.20. The third-order valence-electron chi connectivity index (χ3n) is 2.57. The summed E-state index contributed by atoms with van der Waals surface area (Å²) < 4.78 is 0. The van der Waals surface area contributed by atoms with Crippen LogP contribution in [-0.4, -0.2) is 22.4 Å². The number of aromatic nitrogens is 2. The van der Waals surface area contributed by atoms with Gasteiger partial charge in [-0.3, -0.25) is 9.78 Å². The molecule has 0 atom stereocenters. The monoisotopic (exact) mass is 256 g/mol. The van der Waals surface area contributed by atoms with Gasteiger partial charge >= 0.3 is 0 Å². The van der Waals surface area contributed by atoms with Gasteiger partial charge in [0.1, 0.15) is 5.82 Å². The van der Waals surface area contributed by atoms with E-state index in [9.17, 15) is 4.79 Å². The molecule has 5 nitrogen and oxygen atoms in total. The number of pyridine rings is 2. The van der Waals surface area contributed by atoms with Crippen molar-refractivity contribution in [1.29, 1.82) is 0 Å². The normalized spacial score (nSPS) is 10.0. The standard InChI is InChI=1S/C14H16N4O/c1-3-15-13-12(5-4-8-16-13)14(19)18-11-7-6-10(2)17-9-11/h4-9H,3H2,1-2H3,(H,15,16)(H,18,19). The van der Waals surface area contributed by atoms with Gasteiger partial charge < -0.3 is 10.6 Å². The minimum atomic E-state index is -0.199. The van der Waals surface area contributed by atoms with Gasteiger partial charge in [-0.15, -0.1) is 0 Å². The number of aryl methyl sites for hydroxylation is 1. The summed E-state index contributed by atoms with van der Waals surface area (Å²) in [4.78, 5) is 20.5. The second kappa shape index (κ2) is 5.95. The van der Waals surface area contributed by atoms with E-state index in [0.29, 0.717) is 23.6 Å². The SMILES string of the molecule is CCNc1ncccc1C(=O)Nc1ccc(C)nc1. The molecule has 2 aromatic heterocycles. The predicted octanol–water partition coefficient (Wildman–Crippen LogP) is 2.47. The van der Waals surface area contributed by atoms with Gasteiger partial charge in [0.25, 0.3) is 5.91 Å². The minimum absolute atomic E-state index is 0.199. The van der Waals surface area contributed by atoms with Crippen molar-refractivity contribution in [1.82, 2.24) is 9.97 Å². The van der Waals surface area contributed by atoms with Gasteiger partial charge in [0, 0.05) is 18.4 Å². The van der Waals surface area contributed by atoms with Crippen molar-refractivity contribution in [2.75, 3.05) is 17.2 Å². The molecule has 98 valence electrons. The fourth-order valence-corrected chi connectivity index (χ4v) is 1.64. The second-order valence-electron chi connectivity index (χ2n) is 4.07. The van der Waals surface area contributed by atoms with Crippen molar-refractivity contribution in [3.8, 4) is 0 Å². The fourth-order valence-electron chi connectivity index (χ4n) is 1.64.